The van der Waals surface area contributed by atoms with Crippen molar-refractivity contribution in [3.63, 3.8) is 0 Å². The summed E-state index contributed by atoms with van der Waals surface area (Å²) in [7, 11) is 0. The zero-order valence-electron chi connectivity index (χ0n) is 12.2. The highest BCUT2D eigenvalue weighted by molar-refractivity contribution is 5.89. The number of aryl methyl sites for hydroxylation is 1. The summed E-state index contributed by atoms with van der Waals surface area (Å²) in [4.78, 5) is 11.8. The second-order valence-electron chi connectivity index (χ2n) is 5.43. The first-order valence-corrected chi connectivity index (χ1v) is 6.81. The molecule has 1 unspecified atom stereocenters. The van der Waals surface area contributed by atoms with Gasteiger partial charge in [-0.1, -0.05) is 17.7 Å². The van der Waals surface area contributed by atoms with Gasteiger partial charge in [0.25, 0.3) is 0 Å². The molecule has 0 saturated carbocycles. The minimum absolute atomic E-state index is 0.130. The highest BCUT2D eigenvalue weighted by Crippen LogP contribution is 2.13. The molecule has 1 atom stereocenters. The number of benzene rings is 1. The van der Waals surface area contributed by atoms with Crippen molar-refractivity contribution in [2.24, 2.45) is 0 Å². The predicted molar refractivity (Wildman–Crippen MR) is 81.2 cm³/mol. The van der Waals surface area contributed by atoms with Gasteiger partial charge in [0, 0.05) is 18.7 Å². The Morgan fingerprint density at radius 1 is 1.29 bits per heavy atom. The van der Waals surface area contributed by atoms with Crippen LogP contribution in [0, 0.1) is 6.92 Å². The fourth-order valence-corrected chi connectivity index (χ4v) is 1.93. The molecule has 21 heavy (non-hydrogen) atoms. The van der Waals surface area contributed by atoms with E-state index in [-0.39, 0.29) is 12.6 Å². The molecule has 5 heteroatoms. The van der Waals surface area contributed by atoms with Crippen molar-refractivity contribution in [2.45, 2.75) is 25.9 Å². The fourth-order valence-electron chi connectivity index (χ4n) is 1.93. The van der Waals surface area contributed by atoms with E-state index >= 15 is 0 Å². The summed E-state index contributed by atoms with van der Waals surface area (Å²) in [6.45, 7) is 3.77. The van der Waals surface area contributed by atoms with Gasteiger partial charge in [-0.15, -0.1) is 0 Å². The molecular weight excluding hydrogens is 268 g/mol. The van der Waals surface area contributed by atoms with Gasteiger partial charge < -0.3 is 20.2 Å². The summed E-state index contributed by atoms with van der Waals surface area (Å²) in [6.07, 6.45) is 1.90. The third-order valence-electron chi connectivity index (χ3n) is 3.07. The molecule has 0 saturated heterocycles. The Morgan fingerprint density at radius 2 is 2.00 bits per heavy atom. The van der Waals surface area contributed by atoms with Crippen LogP contribution in [0.25, 0.3) is 0 Å². The molecule has 0 aliphatic rings. The molecule has 0 fully saturated rings. The maximum absolute atomic E-state index is 11.8. The molecule has 2 rings (SSSR count). The Labute approximate surface area is 124 Å². The van der Waals surface area contributed by atoms with Crippen molar-refractivity contribution in [3.8, 4) is 0 Å². The Bertz CT molecular complexity index is 574. The minimum Gasteiger partial charge on any atom is -0.469 e. The summed E-state index contributed by atoms with van der Waals surface area (Å²) in [5.74, 6) is 0.681. The van der Waals surface area contributed by atoms with Gasteiger partial charge in [-0.3, -0.25) is 0 Å². The molecule has 2 amide bonds. The summed E-state index contributed by atoms with van der Waals surface area (Å²) in [6, 6.07) is 10.7. The van der Waals surface area contributed by atoms with Gasteiger partial charge in [0.15, 0.2) is 0 Å². The van der Waals surface area contributed by atoms with E-state index in [1.165, 1.54) is 0 Å². The lowest BCUT2D eigenvalue weighted by Gasteiger charge is -2.22. The first kappa shape index (κ1) is 15.1. The molecule has 3 N–H and O–H groups in total. The van der Waals surface area contributed by atoms with Crippen molar-refractivity contribution in [2.75, 3.05) is 11.9 Å². The smallest absolute Gasteiger partial charge is 0.319 e. The third kappa shape index (κ3) is 4.96. The quantitative estimate of drug-likeness (QED) is 0.792. The predicted octanol–water partition coefficient (Wildman–Crippen LogP) is 2.70. The van der Waals surface area contributed by atoms with Gasteiger partial charge in [-0.2, -0.15) is 0 Å². The summed E-state index contributed by atoms with van der Waals surface area (Å²) in [5, 5.41) is 15.6. The number of nitrogens with one attached hydrogen (secondary N) is 2. The number of amides is 2. The Hall–Kier alpha value is -2.27. The molecule has 1 heterocycles. The average Bonchev–Trinajstić information content (AvgIpc) is 2.91. The SMILES string of the molecule is Cc1ccc(NC(=O)NCC(C)(O)Cc2ccco2)cc1. The summed E-state index contributed by atoms with van der Waals surface area (Å²) < 4.78 is 5.19. The van der Waals surface area contributed by atoms with E-state index in [9.17, 15) is 9.90 Å². The van der Waals surface area contributed by atoms with Crippen molar-refractivity contribution in [3.05, 3.63) is 54.0 Å². The number of aliphatic hydroxyl groups is 1. The molecule has 5 nitrogen and oxygen atoms in total. The number of carbonyl (C=O) groups is 1. The molecule has 0 aliphatic carbocycles. The highest BCUT2D eigenvalue weighted by atomic mass is 16.3. The number of furan rings is 1. The Kier molecular flexibility index (Phi) is 4.65. The number of hydrogen-bond donors (Lipinski definition) is 3. The van der Waals surface area contributed by atoms with Crippen LogP contribution in [0.15, 0.2) is 47.1 Å². The van der Waals surface area contributed by atoms with Crippen molar-refractivity contribution < 1.29 is 14.3 Å². The zero-order chi connectivity index (χ0) is 15.3. The molecule has 2 aromatic rings. The molecule has 0 spiro atoms. The van der Waals surface area contributed by atoms with Crippen molar-refractivity contribution in [1.82, 2.24) is 5.32 Å². The summed E-state index contributed by atoms with van der Waals surface area (Å²) >= 11 is 0. The maximum atomic E-state index is 11.8. The average molecular weight is 288 g/mol. The van der Waals surface area contributed by atoms with Crippen LogP contribution < -0.4 is 10.6 Å². The van der Waals surface area contributed by atoms with E-state index in [4.69, 9.17) is 4.42 Å². The van der Waals surface area contributed by atoms with Crippen LogP contribution >= 0.6 is 0 Å². The third-order valence-corrected chi connectivity index (χ3v) is 3.07. The molecule has 1 aromatic carbocycles. The molecular formula is C16H20N2O3. The standard InChI is InChI=1S/C16H20N2O3/c1-12-5-7-13(8-6-12)18-15(19)17-11-16(2,20)10-14-4-3-9-21-14/h3-9,20H,10-11H2,1-2H3,(H2,17,18,19). The first-order valence-electron chi connectivity index (χ1n) is 6.81. The molecule has 112 valence electrons. The van der Waals surface area contributed by atoms with E-state index in [0.29, 0.717) is 17.9 Å². The van der Waals surface area contributed by atoms with Gasteiger partial charge in [0.05, 0.1) is 11.9 Å². The highest BCUT2D eigenvalue weighted by Gasteiger charge is 2.23. The Balaban J connectivity index is 1.81. The lowest BCUT2D eigenvalue weighted by atomic mass is 10.0. The maximum Gasteiger partial charge on any atom is 0.319 e. The Morgan fingerprint density at radius 3 is 2.62 bits per heavy atom. The zero-order valence-corrected chi connectivity index (χ0v) is 12.2. The van der Waals surface area contributed by atoms with E-state index in [0.717, 1.165) is 5.56 Å². The first-order chi connectivity index (χ1) is 9.94. The molecule has 0 bridgehead atoms. The lowest BCUT2D eigenvalue weighted by molar-refractivity contribution is 0.0577. The van der Waals surface area contributed by atoms with Crippen LogP contribution in [0.4, 0.5) is 10.5 Å². The topological polar surface area (TPSA) is 74.5 Å². The number of carbonyl (C=O) groups excluding carboxylic acids is 1. The molecule has 1 aromatic heterocycles. The van der Waals surface area contributed by atoms with E-state index in [2.05, 4.69) is 10.6 Å². The summed E-state index contributed by atoms with van der Waals surface area (Å²) in [5.41, 5.74) is 0.772. The van der Waals surface area contributed by atoms with E-state index in [1.54, 1.807) is 25.3 Å². The van der Waals surface area contributed by atoms with Crippen LogP contribution in [0.1, 0.15) is 18.2 Å². The second kappa shape index (κ2) is 6.45. The lowest BCUT2D eigenvalue weighted by Crippen LogP contribution is -2.43. The number of hydrogen-bond acceptors (Lipinski definition) is 3. The van der Waals surface area contributed by atoms with Gasteiger partial charge in [-0.25, -0.2) is 4.79 Å². The van der Waals surface area contributed by atoms with E-state index < -0.39 is 5.60 Å². The van der Waals surface area contributed by atoms with E-state index in [1.807, 2.05) is 31.2 Å². The second-order valence-corrected chi connectivity index (χ2v) is 5.43. The number of urea groups is 1. The molecule has 0 aliphatic heterocycles. The van der Waals surface area contributed by atoms with Crippen molar-refractivity contribution in [1.29, 1.82) is 0 Å². The van der Waals surface area contributed by atoms with Crippen LogP contribution in [0.3, 0.4) is 0 Å². The van der Waals surface area contributed by atoms with Gasteiger partial charge >= 0.3 is 6.03 Å². The van der Waals surface area contributed by atoms with Crippen LogP contribution in [0.5, 0.6) is 0 Å². The number of anilines is 1. The van der Waals surface area contributed by atoms with Crippen molar-refractivity contribution >= 4 is 11.7 Å². The van der Waals surface area contributed by atoms with Gasteiger partial charge in [0.2, 0.25) is 0 Å². The van der Waals surface area contributed by atoms with Crippen LogP contribution in [-0.2, 0) is 6.42 Å². The molecule has 0 radical (unpaired) electrons. The van der Waals surface area contributed by atoms with Gasteiger partial charge in [-0.05, 0) is 38.1 Å². The van der Waals surface area contributed by atoms with Gasteiger partial charge in [0.1, 0.15) is 5.76 Å². The van der Waals surface area contributed by atoms with Crippen LogP contribution in [0.2, 0.25) is 0 Å². The monoisotopic (exact) mass is 288 g/mol. The fraction of sp³-hybridized carbons (Fsp3) is 0.312. The normalized spacial score (nSPS) is 13.5. The largest absolute Gasteiger partial charge is 0.469 e. The minimum atomic E-state index is -1.07. The number of rotatable bonds is 5. The van der Waals surface area contributed by atoms with Crippen LogP contribution in [-0.4, -0.2) is 23.3 Å².